The van der Waals surface area contributed by atoms with Crippen molar-refractivity contribution in [2.24, 2.45) is 17.6 Å². The van der Waals surface area contributed by atoms with Gasteiger partial charge in [0, 0.05) is 25.1 Å². The summed E-state index contributed by atoms with van der Waals surface area (Å²) in [6.07, 6.45) is 2.04. The number of nitrogens with one attached hydrogen (secondary N) is 1. The molecule has 1 saturated heterocycles. The van der Waals surface area contributed by atoms with Crippen molar-refractivity contribution in [3.63, 3.8) is 0 Å². The summed E-state index contributed by atoms with van der Waals surface area (Å²) in [5.41, 5.74) is 7.00. The van der Waals surface area contributed by atoms with Crippen LogP contribution in [0.4, 0.5) is 0 Å². The zero-order chi connectivity index (χ0) is 20.8. The van der Waals surface area contributed by atoms with Crippen molar-refractivity contribution < 1.29 is 18.8 Å². The molecule has 0 radical (unpaired) electrons. The van der Waals surface area contributed by atoms with Crippen LogP contribution in [-0.4, -0.2) is 55.7 Å². The molecule has 1 aliphatic rings. The van der Waals surface area contributed by atoms with Gasteiger partial charge < -0.3 is 25.2 Å². The highest BCUT2D eigenvalue weighted by atomic mass is 16.5. The predicted molar refractivity (Wildman–Crippen MR) is 108 cm³/mol. The maximum atomic E-state index is 12.4. The summed E-state index contributed by atoms with van der Waals surface area (Å²) < 4.78 is 10.7. The molecule has 0 bridgehead atoms. The van der Waals surface area contributed by atoms with Crippen LogP contribution < -0.4 is 15.8 Å². The number of primary amides is 1. The molecule has 1 aromatic heterocycles. The van der Waals surface area contributed by atoms with E-state index in [9.17, 15) is 9.59 Å². The van der Waals surface area contributed by atoms with Crippen molar-refractivity contribution in [2.45, 2.75) is 19.3 Å². The minimum atomic E-state index is -0.503. The molecule has 8 nitrogen and oxygen atoms in total. The summed E-state index contributed by atoms with van der Waals surface area (Å²) in [5, 5.41) is 7.63. The van der Waals surface area contributed by atoms with Gasteiger partial charge in [-0.3, -0.25) is 9.59 Å². The van der Waals surface area contributed by atoms with Crippen LogP contribution >= 0.6 is 0 Å². The van der Waals surface area contributed by atoms with Crippen molar-refractivity contribution in [3.05, 3.63) is 36.0 Å². The van der Waals surface area contributed by atoms with Crippen molar-refractivity contribution in [2.75, 3.05) is 33.8 Å². The molecule has 0 spiro atoms. The Morgan fingerprint density at radius 2 is 2.07 bits per heavy atom. The number of nitrogens with zero attached hydrogens (tertiary/aromatic N) is 2. The zero-order valence-electron chi connectivity index (χ0n) is 16.9. The van der Waals surface area contributed by atoms with Gasteiger partial charge in [-0.2, -0.15) is 0 Å². The second-order valence-electron chi connectivity index (χ2n) is 7.55. The topological polar surface area (TPSA) is 111 Å². The molecule has 1 aliphatic heterocycles. The molecule has 0 saturated carbocycles. The molecule has 1 fully saturated rings. The summed E-state index contributed by atoms with van der Waals surface area (Å²) >= 11 is 0. The van der Waals surface area contributed by atoms with Crippen molar-refractivity contribution >= 4 is 11.8 Å². The fourth-order valence-corrected chi connectivity index (χ4v) is 3.75. The minimum Gasteiger partial charge on any atom is -0.497 e. The van der Waals surface area contributed by atoms with E-state index in [-0.39, 0.29) is 24.3 Å². The van der Waals surface area contributed by atoms with Gasteiger partial charge in [0.15, 0.2) is 5.76 Å². The van der Waals surface area contributed by atoms with E-state index in [4.69, 9.17) is 15.0 Å². The molecule has 0 aliphatic carbocycles. The Balaban J connectivity index is 1.63. The number of methoxy groups -OCH3 is 1. The van der Waals surface area contributed by atoms with Gasteiger partial charge in [-0.15, -0.1) is 0 Å². The highest BCUT2D eigenvalue weighted by Crippen LogP contribution is 2.29. The number of nitrogens with two attached hydrogens (primary N) is 1. The van der Waals surface area contributed by atoms with Gasteiger partial charge in [0.05, 0.1) is 19.3 Å². The molecule has 29 heavy (non-hydrogen) atoms. The molecule has 156 valence electrons. The van der Waals surface area contributed by atoms with Gasteiger partial charge in [-0.25, -0.2) is 0 Å². The van der Waals surface area contributed by atoms with E-state index in [0.717, 1.165) is 42.9 Å². The van der Waals surface area contributed by atoms with Crippen LogP contribution in [0.25, 0.3) is 11.3 Å². The third-order valence-corrected chi connectivity index (χ3v) is 5.43. The lowest BCUT2D eigenvalue weighted by Crippen LogP contribution is -2.42. The predicted octanol–water partition coefficient (Wildman–Crippen LogP) is 1.45. The Morgan fingerprint density at radius 1 is 1.31 bits per heavy atom. The smallest absolute Gasteiger partial charge is 0.237 e. The number of aromatic nitrogens is 1. The quantitative estimate of drug-likeness (QED) is 0.694. The lowest BCUT2D eigenvalue weighted by molar-refractivity contribution is -0.135. The highest BCUT2D eigenvalue weighted by Gasteiger charge is 2.29. The number of hydrogen-bond acceptors (Lipinski definition) is 6. The Hall–Kier alpha value is -2.87. The van der Waals surface area contributed by atoms with Crippen molar-refractivity contribution in [1.82, 2.24) is 15.4 Å². The number of carbonyl (C=O) groups excluding carboxylic acids is 2. The van der Waals surface area contributed by atoms with Crippen LogP contribution in [0.3, 0.4) is 0 Å². The molecule has 8 heteroatoms. The van der Waals surface area contributed by atoms with Gasteiger partial charge in [-0.05, 0) is 62.0 Å². The lowest BCUT2D eigenvalue weighted by Gasteiger charge is -2.32. The maximum Gasteiger partial charge on any atom is 0.237 e. The van der Waals surface area contributed by atoms with Gasteiger partial charge in [-0.1, -0.05) is 5.16 Å². The number of piperidine rings is 1. The molecule has 0 unspecified atom stereocenters. The number of amides is 2. The maximum absolute atomic E-state index is 12.4. The summed E-state index contributed by atoms with van der Waals surface area (Å²) in [6, 6.07) is 9.58. The summed E-state index contributed by atoms with van der Waals surface area (Å²) in [4.78, 5) is 24.9. The average molecular weight is 400 g/mol. The van der Waals surface area contributed by atoms with Gasteiger partial charge in [0.25, 0.3) is 0 Å². The third-order valence-electron chi connectivity index (χ3n) is 5.43. The first-order chi connectivity index (χ1) is 14.0. The van der Waals surface area contributed by atoms with Gasteiger partial charge in [0.2, 0.25) is 11.8 Å². The number of likely N-dealkylation sites (N-methyl/N-ethyl adjacent to an activating group) is 1. The first kappa shape index (κ1) is 20.9. The Morgan fingerprint density at radius 3 is 2.76 bits per heavy atom. The first-order valence-corrected chi connectivity index (χ1v) is 9.79. The van der Waals surface area contributed by atoms with Gasteiger partial charge >= 0.3 is 0 Å². The van der Waals surface area contributed by atoms with Crippen molar-refractivity contribution in [3.8, 4) is 17.1 Å². The largest absolute Gasteiger partial charge is 0.497 e. The molecule has 2 amide bonds. The SMILES string of the molecule is COc1ccc(-c2cc(C[C@H]3CNCC[C@H]3CC(=O)N(C)CC(N)=O)no2)cc1. The van der Waals surface area contributed by atoms with Crippen LogP contribution in [0.15, 0.2) is 34.9 Å². The standard InChI is InChI=1S/C21H28N4O4/c1-25(13-20(22)26)21(27)10-15-7-8-23-12-16(15)9-17-11-19(29-24-17)14-3-5-18(28-2)6-4-14/h3-6,11,15-16,23H,7-10,12-13H2,1-2H3,(H2,22,26)/t15-,16-/m0/s1. The molecule has 1 aromatic carbocycles. The minimum absolute atomic E-state index is 0.0526. The number of rotatable bonds is 8. The number of ether oxygens (including phenoxy) is 1. The second kappa shape index (κ2) is 9.56. The number of carbonyl (C=O) groups is 2. The van der Waals surface area contributed by atoms with E-state index in [1.807, 2.05) is 30.3 Å². The van der Waals surface area contributed by atoms with E-state index in [1.165, 1.54) is 4.90 Å². The van der Waals surface area contributed by atoms with Crippen molar-refractivity contribution in [1.29, 1.82) is 0 Å². The fourth-order valence-electron chi connectivity index (χ4n) is 3.75. The molecule has 3 N–H and O–H groups in total. The van der Waals surface area contributed by atoms with Crippen LogP contribution in [-0.2, 0) is 16.0 Å². The van der Waals surface area contributed by atoms with Gasteiger partial charge in [0.1, 0.15) is 5.75 Å². The monoisotopic (exact) mass is 400 g/mol. The molecule has 2 aromatic rings. The average Bonchev–Trinajstić information content (AvgIpc) is 3.17. The lowest BCUT2D eigenvalue weighted by atomic mass is 9.81. The van der Waals surface area contributed by atoms with E-state index in [1.54, 1.807) is 14.2 Å². The first-order valence-electron chi connectivity index (χ1n) is 9.79. The Kier molecular flexibility index (Phi) is 6.87. The molecule has 2 heterocycles. The van der Waals surface area contributed by atoms with Crippen LogP contribution in [0.5, 0.6) is 5.75 Å². The van der Waals surface area contributed by atoms with Crippen LogP contribution in [0.1, 0.15) is 18.5 Å². The zero-order valence-corrected chi connectivity index (χ0v) is 16.9. The number of benzene rings is 1. The fraction of sp³-hybridized carbons (Fsp3) is 0.476. The third kappa shape index (κ3) is 5.57. The summed E-state index contributed by atoms with van der Waals surface area (Å²) in [5.74, 6) is 1.43. The molecule has 2 atom stereocenters. The Labute approximate surface area is 170 Å². The molecular weight excluding hydrogens is 372 g/mol. The van der Waals surface area contributed by atoms with E-state index >= 15 is 0 Å². The van der Waals surface area contributed by atoms with E-state index in [0.29, 0.717) is 12.2 Å². The molecular formula is C21H28N4O4. The normalized spacial score (nSPS) is 19.0. The van der Waals surface area contributed by atoms with Crippen LogP contribution in [0, 0.1) is 11.8 Å². The highest BCUT2D eigenvalue weighted by molar-refractivity contribution is 5.83. The summed E-state index contributed by atoms with van der Waals surface area (Å²) in [6.45, 7) is 1.65. The molecule has 3 rings (SSSR count). The van der Waals surface area contributed by atoms with E-state index in [2.05, 4.69) is 10.5 Å². The van der Waals surface area contributed by atoms with E-state index < -0.39 is 5.91 Å². The second-order valence-corrected chi connectivity index (χ2v) is 7.55. The Bertz CT molecular complexity index is 833. The van der Waals surface area contributed by atoms with Crippen LogP contribution in [0.2, 0.25) is 0 Å². The number of hydrogen-bond donors (Lipinski definition) is 2. The summed E-state index contributed by atoms with van der Waals surface area (Å²) in [7, 11) is 3.24.